The number of nitrogens with zero attached hydrogens (tertiary/aromatic N) is 2. The number of likely N-dealkylation sites (tertiary alicyclic amines) is 1. The van der Waals surface area contributed by atoms with E-state index in [1.807, 2.05) is 12.1 Å². The second-order valence-electron chi connectivity index (χ2n) is 5.10. The van der Waals surface area contributed by atoms with Gasteiger partial charge in [-0.05, 0) is 44.9 Å². The van der Waals surface area contributed by atoms with Crippen molar-refractivity contribution in [2.45, 2.75) is 26.3 Å². The van der Waals surface area contributed by atoms with E-state index in [-0.39, 0.29) is 0 Å². The van der Waals surface area contributed by atoms with Crippen molar-refractivity contribution < 1.29 is 0 Å². The van der Waals surface area contributed by atoms with E-state index in [2.05, 4.69) is 29.0 Å². The maximum Gasteiger partial charge on any atom is 0.123 e. The number of anilines is 2. The molecule has 1 fully saturated rings. The summed E-state index contributed by atoms with van der Waals surface area (Å²) in [6.07, 6.45) is 3.08. The summed E-state index contributed by atoms with van der Waals surface area (Å²) in [5, 5.41) is 3.43. The average molecular weight is 234 g/mol. The molecule has 0 aliphatic carbocycles. The SMILES string of the molecule is CC(C)N1CCC(CNc2ccc(N)nc2)C1. The molecule has 17 heavy (non-hydrogen) atoms. The molecule has 0 spiro atoms. The maximum atomic E-state index is 5.55. The Balaban J connectivity index is 1.78. The van der Waals surface area contributed by atoms with Crippen molar-refractivity contribution in [3.63, 3.8) is 0 Å². The predicted molar refractivity (Wildman–Crippen MR) is 72.0 cm³/mol. The summed E-state index contributed by atoms with van der Waals surface area (Å²) in [6.45, 7) is 7.98. The molecule has 1 atom stereocenters. The lowest BCUT2D eigenvalue weighted by Crippen LogP contribution is -2.29. The number of hydrogen-bond acceptors (Lipinski definition) is 4. The molecule has 0 amide bonds. The van der Waals surface area contributed by atoms with Gasteiger partial charge in [0, 0.05) is 19.1 Å². The third-order valence-corrected chi connectivity index (χ3v) is 3.43. The van der Waals surface area contributed by atoms with E-state index in [9.17, 15) is 0 Å². The smallest absolute Gasteiger partial charge is 0.123 e. The summed E-state index contributed by atoms with van der Waals surface area (Å²) in [4.78, 5) is 6.61. The summed E-state index contributed by atoms with van der Waals surface area (Å²) in [6, 6.07) is 4.48. The van der Waals surface area contributed by atoms with Crippen molar-refractivity contribution in [2.75, 3.05) is 30.7 Å². The van der Waals surface area contributed by atoms with Crippen molar-refractivity contribution >= 4 is 11.5 Å². The molecule has 0 radical (unpaired) electrons. The van der Waals surface area contributed by atoms with E-state index in [1.165, 1.54) is 19.5 Å². The maximum absolute atomic E-state index is 5.55. The minimum atomic E-state index is 0.572. The highest BCUT2D eigenvalue weighted by Gasteiger charge is 2.23. The second-order valence-corrected chi connectivity index (χ2v) is 5.10. The molecule has 2 rings (SSSR count). The van der Waals surface area contributed by atoms with Crippen LogP contribution in [0.1, 0.15) is 20.3 Å². The molecular formula is C13H22N4. The molecule has 1 aliphatic heterocycles. The molecule has 0 saturated carbocycles. The standard InChI is InChI=1S/C13H22N4/c1-10(2)17-6-5-11(9-17)7-15-12-3-4-13(14)16-8-12/h3-4,8,10-11,15H,5-7,9H2,1-2H3,(H2,14,16). The van der Waals surface area contributed by atoms with Crippen LogP contribution >= 0.6 is 0 Å². The first-order valence-corrected chi connectivity index (χ1v) is 6.34. The van der Waals surface area contributed by atoms with Crippen molar-refractivity contribution in [3.05, 3.63) is 18.3 Å². The van der Waals surface area contributed by atoms with Crippen LogP contribution in [0.3, 0.4) is 0 Å². The van der Waals surface area contributed by atoms with Gasteiger partial charge in [-0.1, -0.05) is 0 Å². The molecular weight excluding hydrogens is 212 g/mol. The molecule has 4 heteroatoms. The number of pyridine rings is 1. The highest BCUT2D eigenvalue weighted by atomic mass is 15.2. The third kappa shape index (κ3) is 3.33. The van der Waals surface area contributed by atoms with Crippen LogP contribution in [0.15, 0.2) is 18.3 Å². The number of aromatic nitrogens is 1. The zero-order chi connectivity index (χ0) is 12.3. The number of hydrogen-bond donors (Lipinski definition) is 2. The topological polar surface area (TPSA) is 54.2 Å². The Kier molecular flexibility index (Phi) is 3.84. The molecule has 1 aromatic rings. The van der Waals surface area contributed by atoms with E-state index >= 15 is 0 Å². The van der Waals surface area contributed by atoms with Gasteiger partial charge in [0.2, 0.25) is 0 Å². The van der Waals surface area contributed by atoms with Gasteiger partial charge in [-0.2, -0.15) is 0 Å². The van der Waals surface area contributed by atoms with Crippen LogP contribution in [0.5, 0.6) is 0 Å². The van der Waals surface area contributed by atoms with Gasteiger partial charge in [0.25, 0.3) is 0 Å². The first kappa shape index (κ1) is 12.2. The van der Waals surface area contributed by atoms with Crippen LogP contribution in [0, 0.1) is 5.92 Å². The lowest BCUT2D eigenvalue weighted by molar-refractivity contribution is 0.266. The van der Waals surface area contributed by atoms with Gasteiger partial charge in [0.15, 0.2) is 0 Å². The zero-order valence-electron chi connectivity index (χ0n) is 10.7. The fourth-order valence-electron chi connectivity index (χ4n) is 2.27. The quantitative estimate of drug-likeness (QED) is 0.834. The normalized spacial score (nSPS) is 21.0. The van der Waals surface area contributed by atoms with Gasteiger partial charge in [-0.15, -0.1) is 0 Å². The monoisotopic (exact) mass is 234 g/mol. The van der Waals surface area contributed by atoms with Crippen molar-refractivity contribution in [3.8, 4) is 0 Å². The Bertz CT molecular complexity index is 347. The summed E-state index contributed by atoms with van der Waals surface area (Å²) in [5.74, 6) is 1.32. The summed E-state index contributed by atoms with van der Waals surface area (Å²) in [5.41, 5.74) is 6.61. The van der Waals surface area contributed by atoms with Gasteiger partial charge >= 0.3 is 0 Å². The van der Waals surface area contributed by atoms with Crippen molar-refractivity contribution in [2.24, 2.45) is 5.92 Å². The van der Waals surface area contributed by atoms with E-state index in [0.717, 1.165) is 18.2 Å². The minimum Gasteiger partial charge on any atom is -0.384 e. The molecule has 0 bridgehead atoms. The minimum absolute atomic E-state index is 0.572. The number of nitrogens with two attached hydrogens (primary N) is 1. The number of nitrogen functional groups attached to an aromatic ring is 1. The number of rotatable bonds is 4. The Morgan fingerprint density at radius 1 is 1.53 bits per heavy atom. The van der Waals surface area contributed by atoms with Gasteiger partial charge in [0.05, 0.1) is 11.9 Å². The lowest BCUT2D eigenvalue weighted by Gasteiger charge is -2.20. The second kappa shape index (κ2) is 5.36. The van der Waals surface area contributed by atoms with E-state index in [1.54, 1.807) is 6.20 Å². The lowest BCUT2D eigenvalue weighted by atomic mass is 10.1. The van der Waals surface area contributed by atoms with Gasteiger partial charge < -0.3 is 16.0 Å². The van der Waals surface area contributed by atoms with Crippen molar-refractivity contribution in [1.82, 2.24) is 9.88 Å². The highest BCUT2D eigenvalue weighted by Crippen LogP contribution is 2.19. The molecule has 0 aromatic carbocycles. The van der Waals surface area contributed by atoms with Crippen LogP contribution in [0.2, 0.25) is 0 Å². The van der Waals surface area contributed by atoms with E-state index in [4.69, 9.17) is 5.73 Å². The summed E-state index contributed by atoms with van der Waals surface area (Å²) < 4.78 is 0. The molecule has 2 heterocycles. The third-order valence-electron chi connectivity index (χ3n) is 3.43. The van der Waals surface area contributed by atoms with E-state index < -0.39 is 0 Å². The molecule has 1 unspecified atom stereocenters. The van der Waals surface area contributed by atoms with Crippen LogP contribution in [-0.4, -0.2) is 35.6 Å². The van der Waals surface area contributed by atoms with Gasteiger partial charge in [0.1, 0.15) is 5.82 Å². The molecule has 1 aliphatic rings. The Morgan fingerprint density at radius 3 is 2.94 bits per heavy atom. The van der Waals surface area contributed by atoms with E-state index in [0.29, 0.717) is 11.9 Å². The predicted octanol–water partition coefficient (Wildman–Crippen LogP) is 1.81. The van der Waals surface area contributed by atoms with Crippen LogP contribution in [0.4, 0.5) is 11.5 Å². The first-order chi connectivity index (χ1) is 8.15. The zero-order valence-corrected chi connectivity index (χ0v) is 10.7. The molecule has 94 valence electrons. The summed E-state index contributed by atoms with van der Waals surface area (Å²) >= 11 is 0. The Hall–Kier alpha value is -1.29. The number of nitrogens with one attached hydrogen (secondary N) is 1. The van der Waals surface area contributed by atoms with Crippen LogP contribution in [0.25, 0.3) is 0 Å². The molecule has 4 nitrogen and oxygen atoms in total. The first-order valence-electron chi connectivity index (χ1n) is 6.34. The summed E-state index contributed by atoms with van der Waals surface area (Å²) in [7, 11) is 0. The molecule has 1 aromatic heterocycles. The molecule has 1 saturated heterocycles. The van der Waals surface area contributed by atoms with Crippen LogP contribution < -0.4 is 11.1 Å². The Morgan fingerprint density at radius 2 is 2.35 bits per heavy atom. The largest absolute Gasteiger partial charge is 0.384 e. The van der Waals surface area contributed by atoms with Gasteiger partial charge in [-0.25, -0.2) is 4.98 Å². The molecule has 3 N–H and O–H groups in total. The fourth-order valence-corrected chi connectivity index (χ4v) is 2.27. The van der Waals surface area contributed by atoms with Crippen LogP contribution in [-0.2, 0) is 0 Å². The van der Waals surface area contributed by atoms with Crippen molar-refractivity contribution in [1.29, 1.82) is 0 Å². The average Bonchev–Trinajstić information content (AvgIpc) is 2.77. The Labute approximate surface area is 103 Å². The highest BCUT2D eigenvalue weighted by molar-refractivity contribution is 5.45. The fraction of sp³-hybridized carbons (Fsp3) is 0.615. The van der Waals surface area contributed by atoms with Gasteiger partial charge in [-0.3, -0.25) is 0 Å².